The fraction of sp³-hybridized carbons (Fsp3) is 0.556. The first-order valence-electron chi connectivity index (χ1n) is 4.30. The zero-order valence-corrected chi connectivity index (χ0v) is 7.16. The van der Waals surface area contributed by atoms with Gasteiger partial charge in [-0.25, -0.2) is 0 Å². The van der Waals surface area contributed by atoms with Gasteiger partial charge in [0.25, 0.3) is 0 Å². The van der Waals surface area contributed by atoms with Crippen molar-refractivity contribution in [1.29, 1.82) is 0 Å². The zero-order chi connectivity index (χ0) is 8.55. The fourth-order valence-electron chi connectivity index (χ4n) is 1.32. The van der Waals surface area contributed by atoms with E-state index in [0.717, 1.165) is 18.2 Å². The molecule has 1 aromatic rings. The second-order valence-corrected chi connectivity index (χ2v) is 3.40. The first-order valence-corrected chi connectivity index (χ1v) is 4.30. The van der Waals surface area contributed by atoms with Crippen molar-refractivity contribution in [2.75, 3.05) is 0 Å². The first kappa shape index (κ1) is 7.53. The average Bonchev–Trinajstić information content (AvgIpc) is 2.66. The molecule has 0 bridgehead atoms. The van der Waals surface area contributed by atoms with Gasteiger partial charge < -0.3 is 0 Å². The molecule has 1 aromatic heterocycles. The maximum absolute atomic E-state index is 11.1. The van der Waals surface area contributed by atoms with Crippen molar-refractivity contribution in [3.63, 3.8) is 0 Å². The summed E-state index contributed by atoms with van der Waals surface area (Å²) < 4.78 is 1.82. The molecule has 1 saturated carbocycles. The van der Waals surface area contributed by atoms with Gasteiger partial charge in [-0.15, -0.1) is 0 Å². The van der Waals surface area contributed by atoms with Crippen LogP contribution in [0.3, 0.4) is 0 Å². The zero-order valence-electron chi connectivity index (χ0n) is 7.16. The van der Waals surface area contributed by atoms with Crippen LogP contribution >= 0.6 is 0 Å². The summed E-state index contributed by atoms with van der Waals surface area (Å²) in [4.78, 5) is 11.1. The molecule has 1 fully saturated rings. The number of Topliss-reactive ketones (excluding diaryl/α,β-unsaturated/α-hetero) is 1. The largest absolute Gasteiger partial charge is 0.293 e. The molecule has 12 heavy (non-hydrogen) atoms. The number of rotatable bonds is 3. The van der Waals surface area contributed by atoms with E-state index in [-0.39, 0.29) is 5.78 Å². The number of carbonyl (C=O) groups excluding carboxylic acids is 1. The van der Waals surface area contributed by atoms with Crippen molar-refractivity contribution in [1.82, 2.24) is 9.78 Å². The minimum Gasteiger partial charge on any atom is -0.293 e. The number of hydrogen-bond acceptors (Lipinski definition) is 2. The number of hydrogen-bond donors (Lipinski definition) is 0. The summed E-state index contributed by atoms with van der Waals surface area (Å²) in [7, 11) is 0. The van der Waals surface area contributed by atoms with Crippen molar-refractivity contribution in [3.8, 4) is 0 Å². The Kier molecular flexibility index (Phi) is 1.71. The predicted molar refractivity (Wildman–Crippen MR) is 45.0 cm³/mol. The van der Waals surface area contributed by atoms with Crippen LogP contribution in [0.2, 0.25) is 0 Å². The second kappa shape index (κ2) is 2.73. The van der Waals surface area contributed by atoms with Gasteiger partial charge in [-0.3, -0.25) is 9.48 Å². The van der Waals surface area contributed by atoms with E-state index in [4.69, 9.17) is 0 Å². The minimum absolute atomic E-state index is 0.105. The maximum Gasteiger partial charge on any atom is 0.177 e. The number of aromatic nitrogens is 2. The summed E-state index contributed by atoms with van der Waals surface area (Å²) in [5.41, 5.74) is 0.738. The van der Waals surface area contributed by atoms with E-state index in [2.05, 4.69) is 5.10 Å². The molecule has 0 radical (unpaired) electrons. The second-order valence-electron chi connectivity index (χ2n) is 3.40. The predicted octanol–water partition coefficient (Wildman–Crippen LogP) is 1.50. The molecule has 0 atom stereocenters. The Morgan fingerprint density at radius 1 is 1.75 bits per heavy atom. The topological polar surface area (TPSA) is 34.9 Å². The molecular formula is C9H12N2O. The maximum atomic E-state index is 11.1. The highest BCUT2D eigenvalue weighted by Gasteiger charge is 2.23. The first-order chi connectivity index (χ1) is 5.77. The quantitative estimate of drug-likeness (QED) is 0.634. The van der Waals surface area contributed by atoms with Gasteiger partial charge >= 0.3 is 0 Å². The van der Waals surface area contributed by atoms with Crippen LogP contribution < -0.4 is 0 Å². The molecule has 0 amide bonds. The molecule has 0 N–H and O–H groups in total. The smallest absolute Gasteiger partial charge is 0.177 e. The highest BCUT2D eigenvalue weighted by atomic mass is 16.1. The third kappa shape index (κ3) is 1.40. The van der Waals surface area contributed by atoms with Gasteiger partial charge in [-0.2, -0.15) is 5.10 Å². The molecular weight excluding hydrogens is 152 g/mol. The summed E-state index contributed by atoms with van der Waals surface area (Å²) in [6.45, 7) is 2.50. The molecule has 1 aliphatic rings. The number of carbonyl (C=O) groups is 1. The monoisotopic (exact) mass is 164 g/mol. The van der Waals surface area contributed by atoms with Crippen LogP contribution in [0.15, 0.2) is 12.3 Å². The molecule has 1 aliphatic carbocycles. The molecule has 0 aliphatic heterocycles. The van der Waals surface area contributed by atoms with E-state index in [1.165, 1.54) is 12.8 Å². The van der Waals surface area contributed by atoms with Crippen molar-refractivity contribution >= 4 is 5.78 Å². The third-order valence-corrected chi connectivity index (χ3v) is 2.21. The van der Waals surface area contributed by atoms with Gasteiger partial charge in [-0.05, 0) is 24.8 Å². The Hall–Kier alpha value is -1.12. The highest BCUT2D eigenvalue weighted by Crippen LogP contribution is 2.30. The van der Waals surface area contributed by atoms with Crippen LogP contribution in [0.4, 0.5) is 0 Å². The molecule has 64 valence electrons. The third-order valence-electron chi connectivity index (χ3n) is 2.21. The molecule has 3 heteroatoms. The van der Waals surface area contributed by atoms with Crippen LogP contribution in [-0.4, -0.2) is 15.6 Å². The van der Waals surface area contributed by atoms with Crippen LogP contribution in [-0.2, 0) is 6.54 Å². The number of ketones is 1. The van der Waals surface area contributed by atoms with Gasteiger partial charge in [0.1, 0.15) is 5.69 Å². The summed E-state index contributed by atoms with van der Waals surface area (Å²) in [6, 6.07) is 1.78. The van der Waals surface area contributed by atoms with E-state index in [0.29, 0.717) is 0 Å². The standard InChI is InChI=1S/C9H12N2O/c1-7(12)9-4-5-10-11(9)6-8-2-3-8/h4-5,8H,2-3,6H2,1H3. The van der Waals surface area contributed by atoms with Crippen LogP contribution in [0.1, 0.15) is 30.3 Å². The minimum atomic E-state index is 0.105. The van der Waals surface area contributed by atoms with Gasteiger partial charge in [0.15, 0.2) is 5.78 Å². The molecule has 3 nitrogen and oxygen atoms in total. The van der Waals surface area contributed by atoms with Crippen molar-refractivity contribution in [3.05, 3.63) is 18.0 Å². The lowest BCUT2D eigenvalue weighted by Crippen LogP contribution is -2.09. The van der Waals surface area contributed by atoms with E-state index < -0.39 is 0 Å². The Morgan fingerprint density at radius 3 is 3.08 bits per heavy atom. The summed E-state index contributed by atoms with van der Waals surface area (Å²) in [5.74, 6) is 0.871. The summed E-state index contributed by atoms with van der Waals surface area (Å²) in [5, 5.41) is 4.11. The average molecular weight is 164 g/mol. The van der Waals surface area contributed by atoms with E-state index >= 15 is 0 Å². The van der Waals surface area contributed by atoms with Crippen LogP contribution in [0, 0.1) is 5.92 Å². The van der Waals surface area contributed by atoms with Crippen molar-refractivity contribution < 1.29 is 4.79 Å². The Balaban J connectivity index is 2.17. The lowest BCUT2D eigenvalue weighted by atomic mass is 10.3. The lowest BCUT2D eigenvalue weighted by Gasteiger charge is -2.02. The van der Waals surface area contributed by atoms with Crippen LogP contribution in [0.5, 0.6) is 0 Å². The SMILES string of the molecule is CC(=O)c1ccnn1CC1CC1. The molecule has 2 rings (SSSR count). The lowest BCUT2D eigenvalue weighted by molar-refractivity contribution is 0.100. The van der Waals surface area contributed by atoms with E-state index in [1.54, 1.807) is 19.2 Å². The van der Waals surface area contributed by atoms with E-state index in [9.17, 15) is 4.79 Å². The summed E-state index contributed by atoms with van der Waals surface area (Å²) >= 11 is 0. The number of nitrogens with zero attached hydrogens (tertiary/aromatic N) is 2. The molecule has 1 heterocycles. The Labute approximate surface area is 71.4 Å². The fourth-order valence-corrected chi connectivity index (χ4v) is 1.32. The molecule has 0 spiro atoms. The van der Waals surface area contributed by atoms with E-state index in [1.807, 2.05) is 4.68 Å². The molecule has 0 unspecified atom stereocenters. The van der Waals surface area contributed by atoms with Gasteiger partial charge in [-0.1, -0.05) is 0 Å². The Morgan fingerprint density at radius 2 is 2.50 bits per heavy atom. The normalized spacial score (nSPS) is 16.4. The summed E-state index contributed by atoms with van der Waals surface area (Å²) in [6.07, 6.45) is 4.27. The van der Waals surface area contributed by atoms with Crippen molar-refractivity contribution in [2.45, 2.75) is 26.3 Å². The molecule has 0 aromatic carbocycles. The van der Waals surface area contributed by atoms with Gasteiger partial charge in [0, 0.05) is 19.7 Å². The Bertz CT molecular complexity index is 299. The van der Waals surface area contributed by atoms with Crippen LogP contribution in [0.25, 0.3) is 0 Å². The molecule has 0 saturated heterocycles. The highest BCUT2D eigenvalue weighted by molar-refractivity contribution is 5.92. The van der Waals surface area contributed by atoms with Crippen molar-refractivity contribution in [2.24, 2.45) is 5.92 Å². The van der Waals surface area contributed by atoms with Gasteiger partial charge in [0.2, 0.25) is 0 Å². The van der Waals surface area contributed by atoms with Gasteiger partial charge in [0.05, 0.1) is 0 Å².